The lowest BCUT2D eigenvalue weighted by Crippen LogP contribution is -2.39. The number of benzene rings is 2. The van der Waals surface area contributed by atoms with Crippen LogP contribution in [-0.2, 0) is 16.1 Å². The lowest BCUT2D eigenvalue weighted by atomic mass is 10.1. The molecule has 10 heteroatoms. The summed E-state index contributed by atoms with van der Waals surface area (Å²) in [7, 11) is 1.52. The normalized spacial score (nSPS) is 19.7. The minimum absolute atomic E-state index is 0.179. The molecule has 0 spiro atoms. The van der Waals surface area contributed by atoms with Crippen LogP contribution < -0.4 is 9.64 Å². The van der Waals surface area contributed by atoms with Crippen LogP contribution in [-0.4, -0.2) is 41.0 Å². The highest BCUT2D eigenvalue weighted by molar-refractivity contribution is 6.30. The number of hydrogen-bond acceptors (Lipinski definition) is 8. The van der Waals surface area contributed by atoms with Crippen molar-refractivity contribution < 1.29 is 18.7 Å². The Kier molecular flexibility index (Phi) is 4.90. The molecule has 9 nitrogen and oxygen atoms in total. The van der Waals surface area contributed by atoms with Gasteiger partial charge < -0.3 is 9.15 Å². The van der Waals surface area contributed by atoms with E-state index in [0.717, 1.165) is 10.5 Å². The first-order chi connectivity index (χ1) is 15.5. The molecule has 0 saturated carbocycles. The summed E-state index contributed by atoms with van der Waals surface area (Å²) in [6.07, 6.45) is 0. The van der Waals surface area contributed by atoms with E-state index in [-0.39, 0.29) is 6.54 Å². The smallest absolute Gasteiger partial charge is 0.263 e. The van der Waals surface area contributed by atoms with Crippen molar-refractivity contribution in [3.63, 3.8) is 0 Å². The summed E-state index contributed by atoms with van der Waals surface area (Å²) in [6, 6.07) is 12.2. The summed E-state index contributed by atoms with van der Waals surface area (Å²) in [5.41, 5.74) is 1.82. The number of methoxy groups -OCH3 is 1. The highest BCUT2D eigenvalue weighted by atomic mass is 35.5. The van der Waals surface area contributed by atoms with Crippen molar-refractivity contribution in [2.75, 3.05) is 12.0 Å². The van der Waals surface area contributed by atoms with Crippen LogP contribution in [0.2, 0.25) is 5.02 Å². The number of aromatic nitrogens is 1. The van der Waals surface area contributed by atoms with Crippen LogP contribution in [0, 0.1) is 6.92 Å². The Bertz CT molecular complexity index is 1240. The maximum Gasteiger partial charge on any atom is 0.263 e. The Hall–Kier alpha value is -3.72. The molecule has 3 aromatic rings. The fourth-order valence-electron chi connectivity index (χ4n) is 3.80. The molecule has 2 atom stereocenters. The number of carbonyl (C=O) groups is 2. The van der Waals surface area contributed by atoms with E-state index in [1.54, 1.807) is 43.3 Å². The average Bonchev–Trinajstić information content (AvgIpc) is 3.44. The van der Waals surface area contributed by atoms with E-state index in [1.807, 2.05) is 12.1 Å². The number of ether oxygens (including phenoxy) is 1. The molecule has 1 fully saturated rings. The lowest BCUT2D eigenvalue weighted by molar-refractivity contribution is -0.123. The second-order valence-corrected chi connectivity index (χ2v) is 7.87. The number of aryl methyl sites for hydroxylation is 1. The van der Waals surface area contributed by atoms with Crippen LogP contribution in [0.15, 0.2) is 63.3 Å². The number of nitrogens with zero attached hydrogens (tertiary/aromatic N) is 5. The molecule has 1 aromatic heterocycles. The second-order valence-electron chi connectivity index (χ2n) is 7.43. The molecule has 2 aromatic carbocycles. The minimum atomic E-state index is -0.892. The van der Waals surface area contributed by atoms with Gasteiger partial charge in [-0.15, -0.1) is 0 Å². The molecule has 0 unspecified atom stereocenters. The van der Waals surface area contributed by atoms with Crippen LogP contribution in [0.25, 0.3) is 11.5 Å². The first-order valence-electron chi connectivity index (χ1n) is 9.88. The van der Waals surface area contributed by atoms with Crippen LogP contribution in [0.3, 0.4) is 0 Å². The molecule has 1 saturated heterocycles. The molecule has 3 heterocycles. The molecule has 2 amide bonds. The molecular weight excluding hydrogens is 434 g/mol. The summed E-state index contributed by atoms with van der Waals surface area (Å²) >= 11 is 5.95. The lowest BCUT2D eigenvalue weighted by Gasteiger charge is -2.20. The van der Waals surface area contributed by atoms with Gasteiger partial charge in [0, 0.05) is 16.7 Å². The van der Waals surface area contributed by atoms with Crippen molar-refractivity contribution in [3.05, 3.63) is 65.0 Å². The number of imide groups is 1. The van der Waals surface area contributed by atoms with Gasteiger partial charge in [-0.05, 0) is 43.3 Å². The number of fused-ring (bicyclic) bond motifs is 1. The van der Waals surface area contributed by atoms with Crippen molar-refractivity contribution in [1.82, 2.24) is 9.99 Å². The molecule has 2 aliphatic rings. The molecule has 0 N–H and O–H groups in total. The van der Waals surface area contributed by atoms with E-state index < -0.39 is 23.9 Å². The number of hydrogen-bond donors (Lipinski definition) is 0. The van der Waals surface area contributed by atoms with E-state index >= 15 is 0 Å². The van der Waals surface area contributed by atoms with Gasteiger partial charge in [-0.2, -0.15) is 5.11 Å². The van der Waals surface area contributed by atoms with Gasteiger partial charge in [0.05, 0.1) is 19.3 Å². The zero-order valence-corrected chi connectivity index (χ0v) is 18.0. The third kappa shape index (κ3) is 3.31. The van der Waals surface area contributed by atoms with Crippen LogP contribution in [0.1, 0.15) is 11.5 Å². The topological polar surface area (TPSA) is 101 Å². The van der Waals surface area contributed by atoms with E-state index in [4.69, 9.17) is 20.8 Å². The van der Waals surface area contributed by atoms with Gasteiger partial charge in [-0.1, -0.05) is 22.9 Å². The van der Waals surface area contributed by atoms with E-state index in [9.17, 15) is 9.59 Å². The molecule has 2 aliphatic heterocycles. The molecule has 162 valence electrons. The molecule has 0 radical (unpaired) electrons. The van der Waals surface area contributed by atoms with E-state index in [0.29, 0.717) is 33.8 Å². The number of halogens is 1. The zero-order valence-electron chi connectivity index (χ0n) is 17.2. The summed E-state index contributed by atoms with van der Waals surface area (Å²) < 4.78 is 11.0. The Morgan fingerprint density at radius 1 is 1.12 bits per heavy atom. The fourth-order valence-corrected chi connectivity index (χ4v) is 3.93. The fraction of sp³-hybridized carbons (Fsp3) is 0.227. The second kappa shape index (κ2) is 7.76. The summed E-state index contributed by atoms with van der Waals surface area (Å²) in [5, 5.41) is 10.2. The largest absolute Gasteiger partial charge is 0.497 e. The van der Waals surface area contributed by atoms with Crippen molar-refractivity contribution >= 4 is 29.1 Å². The number of anilines is 1. The Morgan fingerprint density at radius 2 is 1.91 bits per heavy atom. The highest BCUT2D eigenvalue weighted by Gasteiger charge is 2.55. The first-order valence-corrected chi connectivity index (χ1v) is 10.3. The molecular formula is C22H18ClN5O4. The monoisotopic (exact) mass is 451 g/mol. The van der Waals surface area contributed by atoms with Crippen LogP contribution in [0.5, 0.6) is 5.75 Å². The van der Waals surface area contributed by atoms with E-state index in [2.05, 4.69) is 15.3 Å². The van der Waals surface area contributed by atoms with Gasteiger partial charge in [0.25, 0.3) is 11.8 Å². The SMILES string of the molecule is COc1cccc(N2C(=O)[C@@H]3[C@@H](N=NN3Cc3nc(-c4ccc(Cl)cc4)oc3C)C2=O)c1. The maximum absolute atomic E-state index is 13.2. The molecule has 0 aliphatic carbocycles. The zero-order chi connectivity index (χ0) is 22.4. The van der Waals surface area contributed by atoms with Crippen LogP contribution >= 0.6 is 11.6 Å². The maximum atomic E-state index is 13.2. The van der Waals surface area contributed by atoms with Crippen molar-refractivity contribution in [1.29, 1.82) is 0 Å². The molecule has 5 rings (SSSR count). The number of carbonyl (C=O) groups excluding carboxylic acids is 2. The minimum Gasteiger partial charge on any atom is -0.497 e. The average molecular weight is 452 g/mol. The number of rotatable bonds is 5. The predicted octanol–water partition coefficient (Wildman–Crippen LogP) is 3.81. The van der Waals surface area contributed by atoms with Gasteiger partial charge in [0.2, 0.25) is 5.89 Å². The van der Waals surface area contributed by atoms with Crippen molar-refractivity contribution in [2.45, 2.75) is 25.6 Å². The number of oxazole rings is 1. The standard InChI is InChI=1S/C22H18ClN5O4/c1-12-17(24-20(32-12)13-6-8-14(23)9-7-13)11-27-19-18(25-26-27)21(29)28(22(19)30)15-4-3-5-16(10-15)31-2/h3-10,18-19H,11H2,1-2H3/t18-,19+/m1/s1. The van der Waals surface area contributed by atoms with Gasteiger partial charge >= 0.3 is 0 Å². The summed E-state index contributed by atoms with van der Waals surface area (Å²) in [6.45, 7) is 1.97. The number of amides is 2. The Balaban J connectivity index is 1.39. The Morgan fingerprint density at radius 3 is 2.66 bits per heavy atom. The van der Waals surface area contributed by atoms with E-state index in [1.165, 1.54) is 12.1 Å². The summed E-state index contributed by atoms with van der Waals surface area (Å²) in [5.74, 6) is 0.769. The summed E-state index contributed by atoms with van der Waals surface area (Å²) in [4.78, 5) is 31.8. The quantitative estimate of drug-likeness (QED) is 0.547. The van der Waals surface area contributed by atoms with Crippen molar-refractivity contribution in [2.24, 2.45) is 10.3 Å². The van der Waals surface area contributed by atoms with Gasteiger partial charge in [-0.3, -0.25) is 14.6 Å². The third-order valence-corrected chi connectivity index (χ3v) is 5.72. The van der Waals surface area contributed by atoms with Crippen LogP contribution in [0.4, 0.5) is 5.69 Å². The third-order valence-electron chi connectivity index (χ3n) is 5.47. The van der Waals surface area contributed by atoms with Crippen molar-refractivity contribution in [3.8, 4) is 17.2 Å². The molecule has 0 bridgehead atoms. The predicted molar refractivity (Wildman–Crippen MR) is 115 cm³/mol. The van der Waals surface area contributed by atoms with Gasteiger partial charge in [0.15, 0.2) is 12.1 Å². The highest BCUT2D eigenvalue weighted by Crippen LogP contribution is 2.34. The van der Waals surface area contributed by atoms with Gasteiger partial charge in [0.1, 0.15) is 17.2 Å². The molecule has 32 heavy (non-hydrogen) atoms. The van der Waals surface area contributed by atoms with Gasteiger partial charge in [-0.25, -0.2) is 9.88 Å². The first kappa shape index (κ1) is 20.2. The Labute approximate surface area is 188 Å².